The van der Waals surface area contributed by atoms with Crippen molar-refractivity contribution in [2.45, 2.75) is 32.1 Å². The molecule has 0 bridgehead atoms. The van der Waals surface area contributed by atoms with Crippen LogP contribution >= 0.6 is 22.9 Å². The number of imidazole rings is 1. The molecule has 0 radical (unpaired) electrons. The molecular weight excluding hydrogens is 228 g/mol. The van der Waals surface area contributed by atoms with Gasteiger partial charge in [-0.25, -0.2) is 4.98 Å². The predicted molar refractivity (Wildman–Crippen MR) is 65.9 cm³/mol. The van der Waals surface area contributed by atoms with Gasteiger partial charge < -0.3 is 0 Å². The molecule has 0 fully saturated rings. The molecule has 2 aromatic rings. The minimum atomic E-state index is 0.217. The highest BCUT2D eigenvalue weighted by Crippen LogP contribution is 2.20. The SMILES string of the molecule is CCC(Cc1cn2ccsc2n1)C(C)Cl. The van der Waals surface area contributed by atoms with Crippen LogP contribution in [-0.4, -0.2) is 14.8 Å². The van der Waals surface area contributed by atoms with Crippen LogP contribution in [0.2, 0.25) is 0 Å². The standard InChI is InChI=1S/C11H15ClN2S/c1-3-9(8(2)12)6-10-7-14-4-5-15-11(14)13-10/h4-5,7-9H,3,6H2,1-2H3. The lowest BCUT2D eigenvalue weighted by atomic mass is 9.97. The molecule has 0 aromatic carbocycles. The van der Waals surface area contributed by atoms with Crippen molar-refractivity contribution < 1.29 is 0 Å². The Balaban J connectivity index is 2.14. The van der Waals surface area contributed by atoms with E-state index < -0.39 is 0 Å². The van der Waals surface area contributed by atoms with Crippen molar-refractivity contribution in [3.05, 3.63) is 23.5 Å². The summed E-state index contributed by atoms with van der Waals surface area (Å²) in [7, 11) is 0. The van der Waals surface area contributed by atoms with Crippen molar-refractivity contribution in [2.75, 3.05) is 0 Å². The molecule has 0 saturated heterocycles. The van der Waals surface area contributed by atoms with Gasteiger partial charge in [0, 0.05) is 23.2 Å². The molecule has 2 atom stereocenters. The summed E-state index contributed by atoms with van der Waals surface area (Å²) in [5.74, 6) is 0.524. The van der Waals surface area contributed by atoms with Gasteiger partial charge in [0.25, 0.3) is 0 Å². The predicted octanol–water partition coefficient (Wildman–Crippen LogP) is 3.59. The largest absolute Gasteiger partial charge is 0.297 e. The molecule has 15 heavy (non-hydrogen) atoms. The van der Waals surface area contributed by atoms with Crippen LogP contribution in [0, 0.1) is 5.92 Å². The zero-order chi connectivity index (χ0) is 10.8. The highest BCUT2D eigenvalue weighted by Gasteiger charge is 2.15. The molecule has 2 nitrogen and oxygen atoms in total. The van der Waals surface area contributed by atoms with E-state index in [2.05, 4.69) is 29.4 Å². The Morgan fingerprint density at radius 3 is 3.00 bits per heavy atom. The van der Waals surface area contributed by atoms with Gasteiger partial charge in [0.2, 0.25) is 0 Å². The Hall–Kier alpha value is -0.540. The Kier molecular flexibility index (Phi) is 3.32. The van der Waals surface area contributed by atoms with Crippen molar-refractivity contribution in [1.29, 1.82) is 0 Å². The second-order valence-corrected chi connectivity index (χ2v) is 5.44. The molecular formula is C11H15ClN2S. The van der Waals surface area contributed by atoms with Gasteiger partial charge in [0.05, 0.1) is 5.69 Å². The normalized spacial score (nSPS) is 15.7. The summed E-state index contributed by atoms with van der Waals surface area (Å²) in [5.41, 5.74) is 1.15. The number of hydrogen-bond donors (Lipinski definition) is 0. The summed E-state index contributed by atoms with van der Waals surface area (Å²) >= 11 is 7.80. The summed E-state index contributed by atoms with van der Waals surface area (Å²) in [4.78, 5) is 5.64. The first kappa shape index (κ1) is 11.0. The zero-order valence-electron chi connectivity index (χ0n) is 8.98. The molecule has 0 aliphatic heterocycles. The minimum absolute atomic E-state index is 0.217. The maximum absolute atomic E-state index is 6.13. The fraction of sp³-hybridized carbons (Fsp3) is 0.545. The van der Waals surface area contributed by atoms with Crippen LogP contribution in [0.15, 0.2) is 17.8 Å². The zero-order valence-corrected chi connectivity index (χ0v) is 10.6. The van der Waals surface area contributed by atoms with Crippen LogP contribution in [0.4, 0.5) is 0 Å². The third-order valence-electron chi connectivity index (χ3n) is 2.79. The molecule has 0 aliphatic carbocycles. The average molecular weight is 243 g/mol. The van der Waals surface area contributed by atoms with Crippen molar-refractivity contribution in [1.82, 2.24) is 9.38 Å². The van der Waals surface area contributed by atoms with Crippen molar-refractivity contribution >= 4 is 27.9 Å². The van der Waals surface area contributed by atoms with E-state index in [-0.39, 0.29) is 5.38 Å². The van der Waals surface area contributed by atoms with E-state index in [1.807, 2.05) is 11.6 Å². The lowest BCUT2D eigenvalue weighted by Crippen LogP contribution is -2.13. The van der Waals surface area contributed by atoms with Gasteiger partial charge in [-0.05, 0) is 19.3 Å². The second-order valence-electron chi connectivity index (χ2n) is 3.88. The molecule has 0 amide bonds. The molecule has 0 saturated carbocycles. The molecule has 2 unspecified atom stereocenters. The molecule has 0 spiro atoms. The van der Waals surface area contributed by atoms with Crippen LogP contribution in [0.3, 0.4) is 0 Å². The van der Waals surface area contributed by atoms with Crippen LogP contribution < -0.4 is 0 Å². The van der Waals surface area contributed by atoms with E-state index in [1.165, 1.54) is 0 Å². The van der Waals surface area contributed by atoms with Crippen LogP contribution in [-0.2, 0) is 6.42 Å². The Morgan fingerprint density at radius 2 is 2.40 bits per heavy atom. The third kappa shape index (κ3) is 2.34. The van der Waals surface area contributed by atoms with E-state index in [9.17, 15) is 0 Å². The summed E-state index contributed by atoms with van der Waals surface area (Å²) in [6.45, 7) is 4.25. The van der Waals surface area contributed by atoms with Gasteiger partial charge in [-0.15, -0.1) is 22.9 Å². The first-order chi connectivity index (χ1) is 7.20. The fourth-order valence-corrected chi connectivity index (χ4v) is 2.76. The summed E-state index contributed by atoms with van der Waals surface area (Å²) in [5, 5.41) is 2.27. The summed E-state index contributed by atoms with van der Waals surface area (Å²) in [6, 6.07) is 0. The number of rotatable bonds is 4. The minimum Gasteiger partial charge on any atom is -0.297 e. The van der Waals surface area contributed by atoms with E-state index >= 15 is 0 Å². The Morgan fingerprint density at radius 1 is 1.60 bits per heavy atom. The first-order valence-corrected chi connectivity index (χ1v) is 6.57. The van der Waals surface area contributed by atoms with Crippen LogP contribution in [0.25, 0.3) is 4.96 Å². The van der Waals surface area contributed by atoms with Gasteiger partial charge >= 0.3 is 0 Å². The first-order valence-electron chi connectivity index (χ1n) is 5.26. The molecule has 0 aliphatic rings. The molecule has 82 valence electrons. The highest BCUT2D eigenvalue weighted by atomic mass is 35.5. The summed E-state index contributed by atoms with van der Waals surface area (Å²) in [6.07, 6.45) is 6.24. The van der Waals surface area contributed by atoms with E-state index in [0.29, 0.717) is 5.92 Å². The maximum atomic E-state index is 6.13. The van der Waals surface area contributed by atoms with Crippen molar-refractivity contribution in [2.24, 2.45) is 5.92 Å². The number of fused-ring (bicyclic) bond motifs is 1. The van der Waals surface area contributed by atoms with Crippen molar-refractivity contribution in [3.8, 4) is 0 Å². The molecule has 0 N–H and O–H groups in total. The topological polar surface area (TPSA) is 17.3 Å². The third-order valence-corrected chi connectivity index (χ3v) is 3.92. The number of thiazole rings is 1. The smallest absolute Gasteiger partial charge is 0.193 e. The van der Waals surface area contributed by atoms with Crippen molar-refractivity contribution in [3.63, 3.8) is 0 Å². The van der Waals surface area contributed by atoms with Gasteiger partial charge in [-0.1, -0.05) is 13.3 Å². The van der Waals surface area contributed by atoms with E-state index in [1.54, 1.807) is 11.3 Å². The van der Waals surface area contributed by atoms with Gasteiger partial charge in [0.15, 0.2) is 4.96 Å². The molecule has 2 aromatic heterocycles. The van der Waals surface area contributed by atoms with E-state index in [4.69, 9.17) is 11.6 Å². The number of hydrogen-bond acceptors (Lipinski definition) is 2. The average Bonchev–Trinajstić information content (AvgIpc) is 2.72. The number of nitrogens with zero attached hydrogens (tertiary/aromatic N) is 2. The fourth-order valence-electron chi connectivity index (χ4n) is 1.77. The molecule has 4 heteroatoms. The van der Waals surface area contributed by atoms with Crippen LogP contribution in [0.5, 0.6) is 0 Å². The summed E-state index contributed by atoms with van der Waals surface area (Å²) < 4.78 is 2.08. The number of halogens is 1. The maximum Gasteiger partial charge on any atom is 0.193 e. The number of alkyl halides is 1. The quantitative estimate of drug-likeness (QED) is 0.749. The Bertz CT molecular complexity index is 404. The molecule has 2 heterocycles. The number of aromatic nitrogens is 2. The lowest BCUT2D eigenvalue weighted by Gasteiger charge is -2.15. The molecule has 2 rings (SSSR count). The highest BCUT2D eigenvalue weighted by molar-refractivity contribution is 7.15. The lowest BCUT2D eigenvalue weighted by molar-refractivity contribution is 0.493. The van der Waals surface area contributed by atoms with E-state index in [0.717, 1.165) is 23.5 Å². The second kappa shape index (κ2) is 4.54. The Labute approximate surface area is 98.9 Å². The van der Waals surface area contributed by atoms with Crippen LogP contribution in [0.1, 0.15) is 26.0 Å². The monoisotopic (exact) mass is 242 g/mol. The van der Waals surface area contributed by atoms with Gasteiger partial charge in [-0.2, -0.15) is 0 Å². The van der Waals surface area contributed by atoms with Gasteiger partial charge in [-0.3, -0.25) is 4.40 Å². The van der Waals surface area contributed by atoms with Gasteiger partial charge in [0.1, 0.15) is 0 Å².